The summed E-state index contributed by atoms with van der Waals surface area (Å²) in [5.41, 5.74) is 0. The zero-order chi connectivity index (χ0) is 9.97. The van der Waals surface area contributed by atoms with Gasteiger partial charge in [-0.3, -0.25) is 0 Å². The monoisotopic (exact) mass is 196 g/mol. The van der Waals surface area contributed by atoms with Crippen LogP contribution in [0.3, 0.4) is 0 Å². The number of nitrogens with zero attached hydrogens (tertiary/aromatic N) is 3. The third-order valence-electron chi connectivity index (χ3n) is 2.11. The molecule has 1 aromatic heterocycles. The van der Waals surface area contributed by atoms with Crippen molar-refractivity contribution >= 4 is 6.03 Å². The van der Waals surface area contributed by atoms with Gasteiger partial charge in [0.05, 0.1) is 0 Å². The van der Waals surface area contributed by atoms with Crippen LogP contribution in [0.2, 0.25) is 0 Å². The lowest BCUT2D eigenvalue weighted by atomic mass is 10.4. The molecule has 0 unspecified atom stereocenters. The van der Waals surface area contributed by atoms with Crippen LogP contribution in [0.1, 0.15) is 11.7 Å². The van der Waals surface area contributed by atoms with Gasteiger partial charge >= 0.3 is 6.03 Å². The number of aromatic nitrogens is 2. The first-order chi connectivity index (χ1) is 6.75. The molecule has 6 heteroatoms. The lowest BCUT2D eigenvalue weighted by Gasteiger charge is -2.11. The fourth-order valence-electron chi connectivity index (χ4n) is 1.40. The second kappa shape index (κ2) is 3.65. The Bertz CT molecular complexity index is 336. The maximum absolute atomic E-state index is 11.1. The Hall–Kier alpha value is -1.59. The number of carbonyl (C=O) groups excluding carboxylic acids is 1. The van der Waals surface area contributed by atoms with E-state index in [1.807, 2.05) is 0 Å². The van der Waals surface area contributed by atoms with Gasteiger partial charge in [0, 0.05) is 26.1 Å². The molecule has 1 saturated heterocycles. The summed E-state index contributed by atoms with van der Waals surface area (Å²) in [4.78, 5) is 16.9. The average Bonchev–Trinajstić information content (AvgIpc) is 2.72. The quantitative estimate of drug-likeness (QED) is 0.735. The highest BCUT2D eigenvalue weighted by Crippen LogP contribution is 2.01. The van der Waals surface area contributed by atoms with E-state index in [0.29, 0.717) is 24.7 Å². The molecule has 0 aliphatic carbocycles. The second-order valence-electron chi connectivity index (χ2n) is 3.20. The summed E-state index contributed by atoms with van der Waals surface area (Å²) in [5.74, 6) is 1.22. The minimum atomic E-state index is -0.0127. The molecule has 0 aromatic carbocycles. The molecular formula is C8H12N4O2. The van der Waals surface area contributed by atoms with Gasteiger partial charge in [-0.1, -0.05) is 5.16 Å². The van der Waals surface area contributed by atoms with E-state index in [1.54, 1.807) is 11.8 Å². The van der Waals surface area contributed by atoms with Crippen LogP contribution in [0.25, 0.3) is 0 Å². The maximum Gasteiger partial charge on any atom is 0.317 e. The third-order valence-corrected chi connectivity index (χ3v) is 2.11. The Kier molecular flexibility index (Phi) is 2.34. The number of carbonyl (C=O) groups is 1. The van der Waals surface area contributed by atoms with E-state index in [9.17, 15) is 4.79 Å². The number of hydrogen-bond donors (Lipinski definition) is 1. The highest BCUT2D eigenvalue weighted by molar-refractivity contribution is 5.76. The minimum absolute atomic E-state index is 0.0127. The topological polar surface area (TPSA) is 71.3 Å². The van der Waals surface area contributed by atoms with E-state index in [4.69, 9.17) is 4.52 Å². The van der Waals surface area contributed by atoms with Gasteiger partial charge in [0.15, 0.2) is 5.82 Å². The number of hydrogen-bond acceptors (Lipinski definition) is 4. The molecule has 1 fully saturated rings. The van der Waals surface area contributed by atoms with Crippen molar-refractivity contribution in [3.63, 3.8) is 0 Å². The van der Waals surface area contributed by atoms with Crippen LogP contribution >= 0.6 is 0 Å². The van der Waals surface area contributed by atoms with Crippen molar-refractivity contribution in [2.24, 2.45) is 0 Å². The number of aryl methyl sites for hydroxylation is 1. The molecule has 6 nitrogen and oxygen atoms in total. The summed E-state index contributed by atoms with van der Waals surface area (Å²) >= 11 is 0. The second-order valence-corrected chi connectivity index (χ2v) is 3.20. The van der Waals surface area contributed by atoms with Crippen molar-refractivity contribution in [3.8, 4) is 0 Å². The van der Waals surface area contributed by atoms with Crippen molar-refractivity contribution in [2.75, 3.05) is 19.6 Å². The van der Waals surface area contributed by atoms with Gasteiger partial charge < -0.3 is 14.7 Å². The lowest BCUT2D eigenvalue weighted by Crippen LogP contribution is -2.30. The van der Waals surface area contributed by atoms with Gasteiger partial charge in [0.1, 0.15) is 0 Å². The molecule has 1 aromatic rings. The van der Waals surface area contributed by atoms with Crippen LogP contribution in [-0.4, -0.2) is 40.7 Å². The lowest BCUT2D eigenvalue weighted by molar-refractivity contribution is 0.216. The summed E-state index contributed by atoms with van der Waals surface area (Å²) in [7, 11) is 0. The fourth-order valence-corrected chi connectivity index (χ4v) is 1.40. The molecule has 0 atom stereocenters. The number of urea groups is 1. The van der Waals surface area contributed by atoms with Crippen molar-refractivity contribution < 1.29 is 9.32 Å². The van der Waals surface area contributed by atoms with E-state index in [2.05, 4.69) is 15.5 Å². The first-order valence-electron chi connectivity index (χ1n) is 4.57. The van der Waals surface area contributed by atoms with Crippen LogP contribution in [0.4, 0.5) is 4.79 Å². The molecule has 2 amide bonds. The predicted octanol–water partition coefficient (Wildman–Crippen LogP) is -0.0543. The average molecular weight is 196 g/mol. The molecule has 2 heterocycles. The minimum Gasteiger partial charge on any atom is -0.339 e. The van der Waals surface area contributed by atoms with E-state index in [0.717, 1.165) is 13.1 Å². The molecule has 1 aliphatic rings. The molecule has 0 bridgehead atoms. The largest absolute Gasteiger partial charge is 0.339 e. The first kappa shape index (κ1) is 8.98. The van der Waals surface area contributed by atoms with Crippen molar-refractivity contribution in [2.45, 2.75) is 13.3 Å². The zero-order valence-electron chi connectivity index (χ0n) is 7.99. The summed E-state index contributed by atoms with van der Waals surface area (Å²) in [6.45, 7) is 3.89. The molecule has 0 saturated carbocycles. The fraction of sp³-hybridized carbons (Fsp3) is 0.625. The Morgan fingerprint density at radius 1 is 1.64 bits per heavy atom. The van der Waals surface area contributed by atoms with Crippen LogP contribution < -0.4 is 5.32 Å². The molecule has 0 spiro atoms. The standard InChI is InChI=1S/C8H12N4O2/c1-6-10-7(14-11-6)2-4-12-5-3-9-8(12)13/h2-5H2,1H3,(H,9,13). The summed E-state index contributed by atoms with van der Waals surface area (Å²) in [6, 6.07) is -0.0127. The highest BCUT2D eigenvalue weighted by Gasteiger charge is 2.19. The van der Waals surface area contributed by atoms with E-state index in [-0.39, 0.29) is 6.03 Å². The van der Waals surface area contributed by atoms with Gasteiger partial charge in [-0.2, -0.15) is 4.98 Å². The molecule has 0 radical (unpaired) electrons. The summed E-state index contributed by atoms with van der Waals surface area (Å²) in [5, 5.41) is 6.41. The molecule has 76 valence electrons. The van der Waals surface area contributed by atoms with E-state index in [1.165, 1.54) is 0 Å². The van der Waals surface area contributed by atoms with E-state index < -0.39 is 0 Å². The van der Waals surface area contributed by atoms with Crippen LogP contribution in [-0.2, 0) is 6.42 Å². The predicted molar refractivity (Wildman–Crippen MR) is 47.7 cm³/mol. The van der Waals surface area contributed by atoms with Gasteiger partial charge in [-0.05, 0) is 6.92 Å². The molecule has 1 aliphatic heterocycles. The van der Waals surface area contributed by atoms with Gasteiger partial charge in [0.2, 0.25) is 5.89 Å². The first-order valence-corrected chi connectivity index (χ1v) is 4.57. The van der Waals surface area contributed by atoms with Gasteiger partial charge in [-0.15, -0.1) is 0 Å². The number of nitrogens with one attached hydrogen (secondary N) is 1. The van der Waals surface area contributed by atoms with Crippen molar-refractivity contribution in [1.29, 1.82) is 0 Å². The Morgan fingerprint density at radius 2 is 2.50 bits per heavy atom. The maximum atomic E-state index is 11.1. The summed E-state index contributed by atoms with van der Waals surface area (Å²) in [6.07, 6.45) is 0.619. The van der Waals surface area contributed by atoms with Crippen LogP contribution in [0, 0.1) is 6.92 Å². The van der Waals surface area contributed by atoms with E-state index >= 15 is 0 Å². The highest BCUT2D eigenvalue weighted by atomic mass is 16.5. The molecule has 1 N–H and O–H groups in total. The SMILES string of the molecule is Cc1noc(CCN2CCNC2=O)n1. The number of rotatable bonds is 3. The smallest absolute Gasteiger partial charge is 0.317 e. The molecule has 2 rings (SSSR count). The molecule has 14 heavy (non-hydrogen) atoms. The van der Waals surface area contributed by atoms with Crippen molar-refractivity contribution in [1.82, 2.24) is 20.4 Å². The Morgan fingerprint density at radius 3 is 3.07 bits per heavy atom. The van der Waals surface area contributed by atoms with Crippen molar-refractivity contribution in [3.05, 3.63) is 11.7 Å². The van der Waals surface area contributed by atoms with Crippen LogP contribution in [0.5, 0.6) is 0 Å². The third kappa shape index (κ3) is 1.84. The van der Waals surface area contributed by atoms with Gasteiger partial charge in [0.25, 0.3) is 0 Å². The van der Waals surface area contributed by atoms with Gasteiger partial charge in [-0.25, -0.2) is 4.79 Å². The summed E-state index contributed by atoms with van der Waals surface area (Å²) < 4.78 is 4.94. The Balaban J connectivity index is 1.85. The number of amides is 2. The van der Waals surface area contributed by atoms with Crippen LogP contribution in [0.15, 0.2) is 4.52 Å². The normalized spacial score (nSPS) is 16.1. The molecular weight excluding hydrogens is 184 g/mol. The Labute approximate surface area is 81.3 Å². The zero-order valence-corrected chi connectivity index (χ0v) is 7.99.